The molecule has 0 aromatic heterocycles. The van der Waals surface area contributed by atoms with Gasteiger partial charge in [-0.25, -0.2) is 4.79 Å². The summed E-state index contributed by atoms with van der Waals surface area (Å²) in [6.45, 7) is 1.53. The van der Waals surface area contributed by atoms with Gasteiger partial charge >= 0.3 is 5.97 Å². The number of ether oxygens (including phenoxy) is 2. The summed E-state index contributed by atoms with van der Waals surface area (Å²) in [5, 5.41) is 3.55. The van der Waals surface area contributed by atoms with E-state index in [1.165, 1.54) is 16.7 Å². The number of benzene rings is 1. The predicted molar refractivity (Wildman–Crippen MR) is 112 cm³/mol. The van der Waals surface area contributed by atoms with Gasteiger partial charge in [-0.05, 0) is 30.2 Å². The third-order valence-electron chi connectivity index (χ3n) is 4.12. The average Bonchev–Trinajstić information content (AvgIpc) is 2.69. The Morgan fingerprint density at radius 3 is 2.62 bits per heavy atom. The van der Waals surface area contributed by atoms with E-state index < -0.39 is 27.6 Å². The van der Waals surface area contributed by atoms with E-state index in [-0.39, 0.29) is 18.0 Å². The Kier molecular flexibility index (Phi) is 6.88. The van der Waals surface area contributed by atoms with E-state index in [0.29, 0.717) is 11.3 Å². The van der Waals surface area contributed by atoms with E-state index in [1.54, 1.807) is 14.0 Å². The van der Waals surface area contributed by atoms with Crippen molar-refractivity contribution in [3.8, 4) is 5.75 Å². The highest BCUT2D eigenvalue weighted by Crippen LogP contribution is 2.39. The van der Waals surface area contributed by atoms with Gasteiger partial charge in [-0.15, -0.1) is 11.8 Å². The highest BCUT2D eigenvalue weighted by atomic mass is 35.6. The molecule has 0 saturated carbocycles. The standard InChI is InChI=1S/C18H17Cl3N2O5S/c1-10-8-29-16-13(22-28-7-11-3-5-12(26-2)6-4-11)15(24)23(16)14(10)17(25)27-9-18(19,20)21/h3-6,16H,7-9H2,1-2H3/b22-13+/t16-/m1/s1. The lowest BCUT2D eigenvalue weighted by atomic mass is 10.1. The van der Waals surface area contributed by atoms with Crippen LogP contribution in [0.3, 0.4) is 0 Å². The molecule has 1 saturated heterocycles. The summed E-state index contributed by atoms with van der Waals surface area (Å²) in [5.41, 5.74) is 1.97. The quantitative estimate of drug-likeness (QED) is 0.268. The van der Waals surface area contributed by atoms with Crippen LogP contribution >= 0.6 is 46.6 Å². The van der Waals surface area contributed by atoms with Gasteiger partial charge in [0.05, 0.1) is 7.11 Å². The van der Waals surface area contributed by atoms with E-state index in [4.69, 9.17) is 49.1 Å². The number of halogens is 3. The zero-order chi connectivity index (χ0) is 21.2. The molecule has 7 nitrogen and oxygen atoms in total. The summed E-state index contributed by atoms with van der Waals surface area (Å²) in [6, 6.07) is 7.30. The molecule has 1 aromatic rings. The highest BCUT2D eigenvalue weighted by Gasteiger charge is 2.51. The van der Waals surface area contributed by atoms with E-state index in [9.17, 15) is 9.59 Å². The van der Waals surface area contributed by atoms with Gasteiger partial charge in [0, 0.05) is 5.75 Å². The molecule has 2 aliphatic rings. The van der Waals surface area contributed by atoms with Crippen LogP contribution in [-0.4, -0.2) is 51.1 Å². The Balaban J connectivity index is 1.64. The molecule has 29 heavy (non-hydrogen) atoms. The molecule has 1 amide bonds. The SMILES string of the molecule is COc1ccc(CO/N=C2\C(=O)N3C(C(=O)OCC(Cl)(Cl)Cl)=C(C)CS[C@H]23)cc1. The molecular formula is C18H17Cl3N2O5S. The van der Waals surface area contributed by atoms with Gasteiger partial charge in [-0.2, -0.15) is 0 Å². The van der Waals surface area contributed by atoms with Gasteiger partial charge in [0.25, 0.3) is 5.91 Å². The smallest absolute Gasteiger partial charge is 0.355 e. The minimum atomic E-state index is -1.73. The Bertz CT molecular complexity index is 867. The number of hydrogen-bond acceptors (Lipinski definition) is 7. The molecule has 0 N–H and O–H groups in total. The topological polar surface area (TPSA) is 77.4 Å². The van der Waals surface area contributed by atoms with Crippen molar-refractivity contribution >= 4 is 64.2 Å². The maximum atomic E-state index is 12.5. The van der Waals surface area contributed by atoms with Gasteiger partial charge in [0.15, 0.2) is 5.71 Å². The minimum absolute atomic E-state index is 0.155. The van der Waals surface area contributed by atoms with E-state index in [0.717, 1.165) is 11.3 Å². The highest BCUT2D eigenvalue weighted by molar-refractivity contribution is 8.01. The van der Waals surface area contributed by atoms with Crippen molar-refractivity contribution in [2.75, 3.05) is 19.5 Å². The first-order chi connectivity index (χ1) is 13.7. The number of hydrogen-bond donors (Lipinski definition) is 0. The van der Waals surface area contributed by atoms with Crippen molar-refractivity contribution in [3.63, 3.8) is 0 Å². The number of alkyl halides is 3. The lowest BCUT2D eigenvalue weighted by Crippen LogP contribution is -2.62. The van der Waals surface area contributed by atoms with Crippen LogP contribution < -0.4 is 4.74 Å². The fraction of sp³-hybridized carbons (Fsp3) is 0.389. The number of oxime groups is 1. The van der Waals surface area contributed by atoms with Crippen LogP contribution in [0.2, 0.25) is 0 Å². The van der Waals surface area contributed by atoms with Crippen LogP contribution in [0.15, 0.2) is 40.7 Å². The van der Waals surface area contributed by atoms with E-state index in [1.807, 2.05) is 24.3 Å². The predicted octanol–water partition coefficient (Wildman–Crippen LogP) is 3.67. The number of carbonyl (C=O) groups is 2. The molecule has 1 aromatic carbocycles. The molecule has 0 radical (unpaired) electrons. The van der Waals surface area contributed by atoms with Crippen LogP contribution in [0.25, 0.3) is 0 Å². The number of esters is 1. The lowest BCUT2D eigenvalue weighted by Gasteiger charge is -2.44. The molecule has 2 heterocycles. The molecule has 0 spiro atoms. The average molecular weight is 480 g/mol. The summed E-state index contributed by atoms with van der Waals surface area (Å²) < 4.78 is 8.41. The summed E-state index contributed by atoms with van der Waals surface area (Å²) in [4.78, 5) is 31.6. The van der Waals surface area contributed by atoms with Gasteiger partial charge < -0.3 is 14.3 Å². The number of nitrogens with zero attached hydrogens (tertiary/aromatic N) is 2. The Hall–Kier alpha value is -1.61. The van der Waals surface area contributed by atoms with Crippen molar-refractivity contribution in [2.45, 2.75) is 22.7 Å². The van der Waals surface area contributed by atoms with Gasteiger partial charge in [0.2, 0.25) is 3.79 Å². The molecule has 1 fully saturated rings. The molecule has 3 rings (SSSR count). The number of β-lactam (4-membered cyclic amide) rings is 1. The molecule has 156 valence electrons. The van der Waals surface area contributed by atoms with Crippen LogP contribution in [0.5, 0.6) is 5.75 Å². The zero-order valence-corrected chi connectivity index (χ0v) is 18.6. The monoisotopic (exact) mass is 478 g/mol. The molecule has 11 heteroatoms. The molecule has 0 bridgehead atoms. The fourth-order valence-corrected chi connectivity index (χ4v) is 4.07. The largest absolute Gasteiger partial charge is 0.497 e. The number of carbonyl (C=O) groups excluding carboxylic acids is 2. The molecule has 2 aliphatic heterocycles. The number of rotatable bonds is 6. The molecular weight excluding hydrogens is 463 g/mol. The summed E-state index contributed by atoms with van der Waals surface area (Å²) in [5.74, 6) is 0.132. The number of thioether (sulfide) groups is 1. The van der Waals surface area contributed by atoms with E-state index in [2.05, 4.69) is 5.16 Å². The minimum Gasteiger partial charge on any atom is -0.497 e. The first-order valence-electron chi connectivity index (χ1n) is 8.43. The Morgan fingerprint density at radius 2 is 2.00 bits per heavy atom. The number of fused-ring (bicyclic) bond motifs is 1. The van der Waals surface area contributed by atoms with Gasteiger partial charge in [-0.3, -0.25) is 9.69 Å². The normalized spacial score (nSPS) is 20.3. The first kappa shape index (κ1) is 22.1. The zero-order valence-electron chi connectivity index (χ0n) is 15.5. The van der Waals surface area contributed by atoms with Gasteiger partial charge in [-0.1, -0.05) is 52.1 Å². The maximum absolute atomic E-state index is 12.5. The van der Waals surface area contributed by atoms with Crippen LogP contribution in [-0.2, 0) is 25.8 Å². The second-order valence-corrected chi connectivity index (χ2v) is 9.84. The van der Waals surface area contributed by atoms with Crippen LogP contribution in [0, 0.1) is 0 Å². The Labute approximate surface area is 186 Å². The summed E-state index contributed by atoms with van der Waals surface area (Å²) in [7, 11) is 1.59. The lowest BCUT2D eigenvalue weighted by molar-refractivity contribution is -0.144. The number of amides is 1. The molecule has 0 unspecified atom stereocenters. The van der Waals surface area contributed by atoms with Crippen LogP contribution in [0.4, 0.5) is 0 Å². The van der Waals surface area contributed by atoms with Crippen LogP contribution in [0.1, 0.15) is 12.5 Å². The van der Waals surface area contributed by atoms with Crippen molar-refractivity contribution in [1.82, 2.24) is 4.90 Å². The fourth-order valence-electron chi connectivity index (χ4n) is 2.71. The van der Waals surface area contributed by atoms with Gasteiger partial charge in [0.1, 0.15) is 30.0 Å². The van der Waals surface area contributed by atoms with Crippen molar-refractivity contribution < 1.29 is 23.9 Å². The third kappa shape index (κ3) is 5.12. The van der Waals surface area contributed by atoms with Crippen molar-refractivity contribution in [3.05, 3.63) is 41.1 Å². The second-order valence-electron chi connectivity index (χ2n) is 6.26. The molecule has 1 atom stereocenters. The Morgan fingerprint density at radius 1 is 1.31 bits per heavy atom. The number of methoxy groups -OCH3 is 1. The summed E-state index contributed by atoms with van der Waals surface area (Å²) in [6.07, 6.45) is 0. The second kappa shape index (κ2) is 9.04. The van der Waals surface area contributed by atoms with Crippen molar-refractivity contribution in [2.24, 2.45) is 5.16 Å². The third-order valence-corrected chi connectivity index (χ3v) is 5.80. The summed E-state index contributed by atoms with van der Waals surface area (Å²) >= 11 is 18.3. The van der Waals surface area contributed by atoms with E-state index >= 15 is 0 Å². The maximum Gasteiger partial charge on any atom is 0.355 e. The first-order valence-corrected chi connectivity index (χ1v) is 10.6. The molecule has 0 aliphatic carbocycles. The van der Waals surface area contributed by atoms with Crippen molar-refractivity contribution in [1.29, 1.82) is 0 Å².